The van der Waals surface area contributed by atoms with Crippen molar-refractivity contribution in [1.82, 2.24) is 4.90 Å². The van der Waals surface area contributed by atoms with E-state index in [1.807, 2.05) is 48.7 Å². The second-order valence-corrected chi connectivity index (χ2v) is 6.86. The molecule has 2 N–H and O–H groups in total. The van der Waals surface area contributed by atoms with E-state index in [1.54, 1.807) is 37.9 Å². The van der Waals surface area contributed by atoms with Gasteiger partial charge in [0, 0.05) is 18.5 Å². The summed E-state index contributed by atoms with van der Waals surface area (Å²) in [6.07, 6.45) is 2.51. The van der Waals surface area contributed by atoms with E-state index < -0.39 is 6.04 Å². The molecule has 2 aromatic rings. The van der Waals surface area contributed by atoms with Gasteiger partial charge >= 0.3 is 0 Å². The Kier molecular flexibility index (Phi) is 7.36. The van der Waals surface area contributed by atoms with Crippen molar-refractivity contribution in [2.75, 3.05) is 27.5 Å². The monoisotopic (exact) mass is 374 g/mol. The summed E-state index contributed by atoms with van der Waals surface area (Å²) in [7, 11) is 4.99. The summed E-state index contributed by atoms with van der Waals surface area (Å²) >= 11 is 1.60. The number of rotatable bonds is 8. The zero-order chi connectivity index (χ0) is 19.1. The van der Waals surface area contributed by atoms with Crippen molar-refractivity contribution in [1.29, 1.82) is 0 Å². The lowest BCUT2D eigenvalue weighted by Crippen LogP contribution is -2.42. The van der Waals surface area contributed by atoms with E-state index in [2.05, 4.69) is 0 Å². The van der Waals surface area contributed by atoms with Gasteiger partial charge in [0.2, 0.25) is 5.91 Å². The van der Waals surface area contributed by atoms with Gasteiger partial charge in [0.05, 0.1) is 20.3 Å². The van der Waals surface area contributed by atoms with Gasteiger partial charge in [-0.25, -0.2) is 0 Å². The molecular formula is C20H26N2O3S. The van der Waals surface area contributed by atoms with Crippen LogP contribution in [0.15, 0.2) is 47.4 Å². The minimum atomic E-state index is -0.569. The first-order valence-electron chi connectivity index (χ1n) is 8.33. The fraction of sp³-hybridized carbons (Fsp3) is 0.350. The quantitative estimate of drug-likeness (QED) is 0.720. The lowest BCUT2D eigenvalue weighted by Gasteiger charge is -2.23. The van der Waals surface area contributed by atoms with E-state index in [4.69, 9.17) is 15.2 Å². The molecule has 0 aliphatic rings. The van der Waals surface area contributed by atoms with Gasteiger partial charge in [0.15, 0.2) is 11.5 Å². The van der Waals surface area contributed by atoms with Crippen molar-refractivity contribution in [3.63, 3.8) is 0 Å². The molecule has 140 valence electrons. The van der Waals surface area contributed by atoms with Crippen LogP contribution >= 0.6 is 11.8 Å². The molecule has 1 amide bonds. The Morgan fingerprint density at radius 3 is 2.35 bits per heavy atom. The summed E-state index contributed by atoms with van der Waals surface area (Å²) in [6.45, 7) is 0.456. The highest BCUT2D eigenvalue weighted by Gasteiger charge is 2.20. The fourth-order valence-electron chi connectivity index (χ4n) is 2.79. The second kappa shape index (κ2) is 9.50. The number of nitrogens with two attached hydrogens (primary N) is 1. The van der Waals surface area contributed by atoms with Gasteiger partial charge in [-0.1, -0.05) is 30.3 Å². The number of benzene rings is 2. The zero-order valence-electron chi connectivity index (χ0n) is 15.7. The number of ether oxygens (including phenoxy) is 2. The molecule has 1 atom stereocenters. The molecule has 2 aromatic carbocycles. The van der Waals surface area contributed by atoms with Crippen LogP contribution in [0.25, 0.3) is 0 Å². The van der Waals surface area contributed by atoms with Crippen LogP contribution in [0, 0.1) is 0 Å². The van der Waals surface area contributed by atoms with E-state index in [-0.39, 0.29) is 5.91 Å². The van der Waals surface area contributed by atoms with E-state index >= 15 is 0 Å². The number of methoxy groups -OCH3 is 2. The summed E-state index contributed by atoms with van der Waals surface area (Å²) in [6, 6.07) is 13.1. The first kappa shape index (κ1) is 20.1. The molecule has 0 unspecified atom stereocenters. The van der Waals surface area contributed by atoms with Crippen molar-refractivity contribution in [2.45, 2.75) is 23.9 Å². The maximum Gasteiger partial charge on any atom is 0.239 e. The minimum absolute atomic E-state index is 0.0873. The molecule has 2 rings (SSSR count). The van der Waals surface area contributed by atoms with Gasteiger partial charge in [0.25, 0.3) is 0 Å². The predicted molar refractivity (Wildman–Crippen MR) is 106 cm³/mol. The fourth-order valence-corrected chi connectivity index (χ4v) is 3.40. The number of thioether (sulfide) groups is 1. The Bertz CT molecular complexity index is 737. The Labute approximate surface area is 159 Å². The molecule has 0 heterocycles. The molecule has 6 heteroatoms. The van der Waals surface area contributed by atoms with Gasteiger partial charge in [-0.3, -0.25) is 4.79 Å². The average molecular weight is 375 g/mol. The molecule has 0 fully saturated rings. The number of carbonyl (C=O) groups is 1. The largest absolute Gasteiger partial charge is 0.493 e. The van der Waals surface area contributed by atoms with Gasteiger partial charge in [-0.2, -0.15) is 0 Å². The molecule has 0 aliphatic heterocycles. The number of carbonyl (C=O) groups excluding carboxylic acids is 1. The number of amides is 1. The van der Waals surface area contributed by atoms with Crippen molar-refractivity contribution >= 4 is 17.7 Å². The third kappa shape index (κ3) is 4.93. The van der Waals surface area contributed by atoms with Crippen LogP contribution in [-0.4, -0.2) is 44.4 Å². The van der Waals surface area contributed by atoms with Crippen LogP contribution in [0.3, 0.4) is 0 Å². The minimum Gasteiger partial charge on any atom is -0.493 e. The molecule has 0 spiro atoms. The van der Waals surface area contributed by atoms with Gasteiger partial charge < -0.3 is 20.1 Å². The Balaban J connectivity index is 2.12. The first-order valence-corrected chi connectivity index (χ1v) is 9.56. The van der Waals surface area contributed by atoms with E-state index in [9.17, 15) is 4.79 Å². The molecule has 0 radical (unpaired) electrons. The Morgan fingerprint density at radius 2 is 1.77 bits per heavy atom. The van der Waals surface area contributed by atoms with Crippen LogP contribution in [0.5, 0.6) is 11.5 Å². The second-order valence-electron chi connectivity index (χ2n) is 6.01. The third-order valence-electron chi connectivity index (χ3n) is 4.19. The molecule has 26 heavy (non-hydrogen) atoms. The molecule has 0 aromatic heterocycles. The summed E-state index contributed by atoms with van der Waals surface area (Å²) in [5.41, 5.74) is 8.19. The molecule has 5 nitrogen and oxygen atoms in total. The normalized spacial score (nSPS) is 11.7. The molecule has 0 bridgehead atoms. The lowest BCUT2D eigenvalue weighted by molar-refractivity contribution is -0.131. The summed E-state index contributed by atoms with van der Waals surface area (Å²) in [5, 5.41) is 0. The van der Waals surface area contributed by atoms with Crippen molar-refractivity contribution in [3.05, 3.63) is 53.6 Å². The summed E-state index contributed by atoms with van der Waals surface area (Å²) < 4.78 is 10.7. The Morgan fingerprint density at radius 1 is 1.15 bits per heavy atom. The van der Waals surface area contributed by atoms with Crippen molar-refractivity contribution < 1.29 is 14.3 Å². The van der Waals surface area contributed by atoms with Crippen LogP contribution in [-0.2, 0) is 17.8 Å². The number of hydrogen-bond acceptors (Lipinski definition) is 5. The molecule has 0 saturated carbocycles. The summed E-state index contributed by atoms with van der Waals surface area (Å²) in [5.74, 6) is 1.24. The van der Waals surface area contributed by atoms with E-state index in [0.29, 0.717) is 24.5 Å². The maximum absolute atomic E-state index is 12.7. The topological polar surface area (TPSA) is 64.8 Å². The number of likely N-dealkylation sites (N-methyl/N-ethyl adjacent to an activating group) is 1. The van der Waals surface area contributed by atoms with E-state index in [1.165, 1.54) is 0 Å². The maximum atomic E-state index is 12.7. The van der Waals surface area contributed by atoms with Crippen LogP contribution in [0.4, 0.5) is 0 Å². The highest BCUT2D eigenvalue weighted by Crippen LogP contribution is 2.35. The average Bonchev–Trinajstić information content (AvgIpc) is 2.67. The standard InChI is InChI=1S/C20H26N2O3S/c1-22(20(23)16(21)10-14-8-6-5-7-9-14)13-15-11-17(24-2)18(25-3)12-19(15)26-4/h5-9,11-12,16H,10,13,21H2,1-4H3/t16-/m0/s1. The van der Waals surface area contributed by atoms with Crippen LogP contribution < -0.4 is 15.2 Å². The first-order chi connectivity index (χ1) is 12.5. The lowest BCUT2D eigenvalue weighted by atomic mass is 10.1. The number of nitrogens with zero attached hydrogens (tertiary/aromatic N) is 1. The molecule has 0 aliphatic carbocycles. The number of hydrogen-bond donors (Lipinski definition) is 1. The van der Waals surface area contributed by atoms with E-state index in [0.717, 1.165) is 16.0 Å². The SMILES string of the molecule is COc1cc(CN(C)C(=O)[C@@H](N)Cc2ccccc2)c(SC)cc1OC. The van der Waals surface area contributed by atoms with Crippen molar-refractivity contribution in [2.24, 2.45) is 5.73 Å². The zero-order valence-corrected chi connectivity index (χ0v) is 16.5. The van der Waals surface area contributed by atoms with Crippen LogP contribution in [0.1, 0.15) is 11.1 Å². The Hall–Kier alpha value is -2.18. The molecular weight excluding hydrogens is 348 g/mol. The van der Waals surface area contributed by atoms with Crippen LogP contribution in [0.2, 0.25) is 0 Å². The highest BCUT2D eigenvalue weighted by atomic mass is 32.2. The predicted octanol–water partition coefficient (Wildman–Crippen LogP) is 2.95. The third-order valence-corrected chi connectivity index (χ3v) is 5.01. The summed E-state index contributed by atoms with van der Waals surface area (Å²) in [4.78, 5) is 15.4. The molecule has 0 saturated heterocycles. The van der Waals surface area contributed by atoms with Gasteiger partial charge in [-0.15, -0.1) is 11.8 Å². The smallest absolute Gasteiger partial charge is 0.239 e. The highest BCUT2D eigenvalue weighted by molar-refractivity contribution is 7.98. The van der Waals surface area contributed by atoms with Crippen molar-refractivity contribution in [3.8, 4) is 11.5 Å². The van der Waals surface area contributed by atoms with Gasteiger partial charge in [0.1, 0.15) is 0 Å². The van der Waals surface area contributed by atoms with Gasteiger partial charge in [-0.05, 0) is 35.9 Å².